The van der Waals surface area contributed by atoms with Crippen LogP contribution in [0.1, 0.15) is 49.5 Å². The van der Waals surface area contributed by atoms with Crippen molar-refractivity contribution >= 4 is 11.3 Å². The van der Waals surface area contributed by atoms with Crippen molar-refractivity contribution in [1.82, 2.24) is 20.2 Å². The van der Waals surface area contributed by atoms with E-state index in [9.17, 15) is 0 Å². The first-order valence-electron chi connectivity index (χ1n) is 8.71. The number of likely N-dealkylation sites (tertiary alicyclic amines) is 1. The molecule has 2 aromatic heterocycles. The van der Waals surface area contributed by atoms with E-state index in [2.05, 4.69) is 54.5 Å². The summed E-state index contributed by atoms with van der Waals surface area (Å²) in [5.74, 6) is 0.625. The van der Waals surface area contributed by atoms with Crippen LogP contribution < -0.4 is 5.32 Å². The molecule has 0 saturated carbocycles. The minimum atomic E-state index is 0.141. The molecule has 2 atom stereocenters. The molecule has 0 radical (unpaired) electrons. The summed E-state index contributed by atoms with van der Waals surface area (Å²) < 4.78 is 0. The third-order valence-electron chi connectivity index (χ3n) is 4.71. The molecule has 0 bridgehead atoms. The molecule has 1 aliphatic rings. The Morgan fingerprint density at radius 2 is 2.21 bits per heavy atom. The lowest BCUT2D eigenvalue weighted by Crippen LogP contribution is -2.28. The molecule has 0 aliphatic carbocycles. The Labute approximate surface area is 149 Å². The maximum Gasteiger partial charge on any atom is 0.0982 e. The number of rotatable bonds is 5. The van der Waals surface area contributed by atoms with Crippen LogP contribution >= 0.6 is 11.3 Å². The summed E-state index contributed by atoms with van der Waals surface area (Å²) in [5.41, 5.74) is 2.63. The number of hydrogen-bond acceptors (Lipinski definition) is 5. The van der Waals surface area contributed by atoms with Crippen molar-refractivity contribution in [1.29, 1.82) is 0 Å². The number of nitrogens with one attached hydrogen (secondary N) is 1. The van der Waals surface area contributed by atoms with Gasteiger partial charge >= 0.3 is 0 Å². The fourth-order valence-corrected chi connectivity index (χ4v) is 4.34. The van der Waals surface area contributed by atoms with Gasteiger partial charge in [-0.1, -0.05) is 26.8 Å². The number of nitrogens with zero attached hydrogens (tertiary/aromatic N) is 3. The molecule has 3 heterocycles. The monoisotopic (exact) mass is 344 g/mol. The SMILES string of the molecule is CN1CC[C@@H](CNCc2csc(C(C)(C)C)n2)[C@@H]1c1cccnc1. The van der Waals surface area contributed by atoms with Crippen LogP contribution in [-0.2, 0) is 12.0 Å². The van der Waals surface area contributed by atoms with Crippen molar-refractivity contribution in [3.63, 3.8) is 0 Å². The minimum Gasteiger partial charge on any atom is -0.311 e. The van der Waals surface area contributed by atoms with Gasteiger partial charge in [0.05, 0.1) is 10.7 Å². The predicted octanol–water partition coefficient (Wildman–Crippen LogP) is 3.62. The summed E-state index contributed by atoms with van der Waals surface area (Å²) in [5, 5.41) is 7.03. The van der Waals surface area contributed by atoms with Gasteiger partial charge in [0.15, 0.2) is 0 Å². The number of hydrogen-bond donors (Lipinski definition) is 1. The largest absolute Gasteiger partial charge is 0.311 e. The highest BCUT2D eigenvalue weighted by atomic mass is 32.1. The lowest BCUT2D eigenvalue weighted by Gasteiger charge is -2.25. The first-order valence-corrected chi connectivity index (χ1v) is 9.59. The molecule has 1 saturated heterocycles. The third kappa shape index (κ3) is 4.02. The van der Waals surface area contributed by atoms with Gasteiger partial charge in [-0.05, 0) is 37.6 Å². The van der Waals surface area contributed by atoms with Crippen molar-refractivity contribution in [2.45, 2.75) is 45.2 Å². The molecule has 1 fully saturated rings. The van der Waals surface area contributed by atoms with Crippen molar-refractivity contribution in [2.75, 3.05) is 20.1 Å². The Balaban J connectivity index is 1.57. The van der Waals surface area contributed by atoms with Gasteiger partial charge in [-0.15, -0.1) is 11.3 Å². The Bertz CT molecular complexity index is 647. The van der Waals surface area contributed by atoms with Crippen molar-refractivity contribution in [2.24, 2.45) is 5.92 Å². The predicted molar refractivity (Wildman–Crippen MR) is 100 cm³/mol. The third-order valence-corrected chi connectivity index (χ3v) is 6.02. The summed E-state index contributed by atoms with van der Waals surface area (Å²) in [6.45, 7) is 9.68. The number of pyridine rings is 1. The topological polar surface area (TPSA) is 41.0 Å². The van der Waals surface area contributed by atoms with Crippen molar-refractivity contribution in [3.8, 4) is 0 Å². The van der Waals surface area contributed by atoms with Crippen LogP contribution in [0.15, 0.2) is 29.9 Å². The van der Waals surface area contributed by atoms with E-state index in [1.54, 1.807) is 11.3 Å². The van der Waals surface area contributed by atoms with Gasteiger partial charge < -0.3 is 5.32 Å². The minimum absolute atomic E-state index is 0.141. The fraction of sp³-hybridized carbons (Fsp3) is 0.579. The molecule has 2 aromatic rings. The zero-order valence-corrected chi connectivity index (χ0v) is 15.9. The lowest BCUT2D eigenvalue weighted by molar-refractivity contribution is 0.271. The Morgan fingerprint density at radius 1 is 1.38 bits per heavy atom. The zero-order valence-electron chi connectivity index (χ0n) is 15.1. The molecule has 1 N–H and O–H groups in total. The van der Waals surface area contributed by atoms with Crippen LogP contribution in [0.3, 0.4) is 0 Å². The Hall–Kier alpha value is -1.30. The van der Waals surface area contributed by atoms with E-state index in [0.29, 0.717) is 12.0 Å². The summed E-state index contributed by atoms with van der Waals surface area (Å²) in [7, 11) is 2.22. The van der Waals surface area contributed by atoms with E-state index in [4.69, 9.17) is 4.98 Å². The van der Waals surface area contributed by atoms with Gasteiger partial charge in [0.1, 0.15) is 0 Å². The number of aromatic nitrogens is 2. The normalized spacial score (nSPS) is 22.2. The van der Waals surface area contributed by atoms with E-state index in [-0.39, 0.29) is 5.41 Å². The van der Waals surface area contributed by atoms with Crippen LogP contribution in [0.5, 0.6) is 0 Å². The first kappa shape index (κ1) is 17.5. The summed E-state index contributed by atoms with van der Waals surface area (Å²) in [4.78, 5) is 11.5. The van der Waals surface area contributed by atoms with Gasteiger partial charge in [-0.3, -0.25) is 9.88 Å². The summed E-state index contributed by atoms with van der Waals surface area (Å²) >= 11 is 1.77. The average molecular weight is 345 g/mol. The molecule has 130 valence electrons. The second kappa shape index (κ2) is 7.30. The maximum absolute atomic E-state index is 4.77. The van der Waals surface area contributed by atoms with Crippen LogP contribution in [-0.4, -0.2) is 35.0 Å². The molecule has 3 rings (SSSR count). The van der Waals surface area contributed by atoms with Gasteiger partial charge in [0, 0.05) is 42.3 Å². The highest BCUT2D eigenvalue weighted by molar-refractivity contribution is 7.09. The molecule has 0 spiro atoms. The summed E-state index contributed by atoms with van der Waals surface area (Å²) in [6, 6.07) is 4.70. The Kier molecular flexibility index (Phi) is 5.33. The van der Waals surface area contributed by atoms with E-state index < -0.39 is 0 Å². The first-order chi connectivity index (χ1) is 11.4. The quantitative estimate of drug-likeness (QED) is 0.899. The van der Waals surface area contributed by atoms with Gasteiger partial charge in [-0.2, -0.15) is 0 Å². The molecule has 0 amide bonds. The maximum atomic E-state index is 4.77. The van der Waals surface area contributed by atoms with Gasteiger partial charge in [-0.25, -0.2) is 4.98 Å². The van der Waals surface area contributed by atoms with Crippen molar-refractivity contribution < 1.29 is 0 Å². The second-order valence-corrected chi connectivity index (χ2v) is 8.64. The van der Waals surface area contributed by atoms with Crippen LogP contribution in [0, 0.1) is 5.92 Å². The van der Waals surface area contributed by atoms with E-state index in [1.807, 2.05) is 18.5 Å². The van der Waals surface area contributed by atoms with Crippen LogP contribution in [0.4, 0.5) is 0 Å². The van der Waals surface area contributed by atoms with Gasteiger partial charge in [0.2, 0.25) is 0 Å². The molecule has 5 heteroatoms. The molecule has 1 aliphatic heterocycles. The zero-order chi connectivity index (χ0) is 17.2. The Morgan fingerprint density at radius 3 is 2.88 bits per heavy atom. The molecular weight excluding hydrogens is 316 g/mol. The molecule has 4 nitrogen and oxygen atoms in total. The second-order valence-electron chi connectivity index (χ2n) is 7.79. The molecule has 0 unspecified atom stereocenters. The number of thiazole rings is 1. The fourth-order valence-electron chi connectivity index (χ4n) is 3.44. The lowest BCUT2D eigenvalue weighted by atomic mass is 9.95. The van der Waals surface area contributed by atoms with Crippen LogP contribution in [0.25, 0.3) is 0 Å². The molecule has 24 heavy (non-hydrogen) atoms. The van der Waals surface area contributed by atoms with E-state index in [0.717, 1.165) is 25.3 Å². The van der Waals surface area contributed by atoms with E-state index >= 15 is 0 Å². The molecule has 0 aromatic carbocycles. The van der Waals surface area contributed by atoms with Gasteiger partial charge in [0.25, 0.3) is 0 Å². The standard InChI is InChI=1S/C19H28N4S/c1-19(2,3)18-22-16(13-24-18)12-21-11-15-7-9-23(4)17(15)14-6-5-8-20-10-14/h5-6,8,10,13,15,17,21H,7,9,11-12H2,1-4H3/t15-,17-/m0/s1. The highest BCUT2D eigenvalue weighted by Gasteiger charge is 2.32. The van der Waals surface area contributed by atoms with Crippen molar-refractivity contribution in [3.05, 3.63) is 46.2 Å². The van der Waals surface area contributed by atoms with Crippen LogP contribution in [0.2, 0.25) is 0 Å². The summed E-state index contributed by atoms with van der Waals surface area (Å²) in [6.07, 6.45) is 5.09. The average Bonchev–Trinajstić information content (AvgIpc) is 3.15. The highest BCUT2D eigenvalue weighted by Crippen LogP contribution is 2.35. The smallest absolute Gasteiger partial charge is 0.0982 e. The van der Waals surface area contributed by atoms with E-state index in [1.165, 1.54) is 17.0 Å². The molecular formula is C19H28N4S.